The van der Waals surface area contributed by atoms with Crippen LogP contribution < -0.4 is 20.3 Å². The summed E-state index contributed by atoms with van der Waals surface area (Å²) >= 11 is 6.22. The highest BCUT2D eigenvalue weighted by Crippen LogP contribution is 2.33. The first-order valence-electron chi connectivity index (χ1n) is 9.54. The number of rotatable bonds is 5. The van der Waals surface area contributed by atoms with Crippen LogP contribution in [-0.4, -0.2) is 24.2 Å². The van der Waals surface area contributed by atoms with Crippen molar-refractivity contribution in [2.75, 3.05) is 19.6 Å². The van der Waals surface area contributed by atoms with Gasteiger partial charge in [-0.1, -0.05) is 11.6 Å². The SMILES string of the molecule is COc1ccc(-c2c/c(=N\Nc3nc(C)cc(C)n3)c3cc(Cl)ccc3o2)cc1OC. The number of anilines is 1. The van der Waals surface area contributed by atoms with E-state index in [1.807, 2.05) is 56.3 Å². The summed E-state index contributed by atoms with van der Waals surface area (Å²) in [5.41, 5.74) is 6.11. The van der Waals surface area contributed by atoms with Crippen molar-refractivity contribution in [1.29, 1.82) is 0 Å². The Morgan fingerprint density at radius 1 is 0.903 bits per heavy atom. The minimum atomic E-state index is 0.418. The van der Waals surface area contributed by atoms with E-state index in [1.54, 1.807) is 20.3 Å². The number of aryl methyl sites for hydroxylation is 2. The van der Waals surface area contributed by atoms with Crippen LogP contribution >= 0.6 is 11.6 Å². The fourth-order valence-corrected chi connectivity index (χ4v) is 3.42. The predicted octanol–water partition coefficient (Wildman–Crippen LogP) is 5.11. The molecule has 2 aromatic carbocycles. The molecule has 0 atom stereocenters. The van der Waals surface area contributed by atoms with Crippen molar-refractivity contribution in [1.82, 2.24) is 9.97 Å². The second kappa shape index (κ2) is 8.65. The topological polar surface area (TPSA) is 81.8 Å². The number of fused-ring (bicyclic) bond motifs is 1. The molecule has 0 unspecified atom stereocenters. The second-order valence-corrected chi connectivity index (χ2v) is 7.34. The third-order valence-corrected chi connectivity index (χ3v) is 4.87. The number of halogens is 1. The molecule has 2 heterocycles. The molecule has 1 N–H and O–H groups in total. The molecule has 0 saturated carbocycles. The van der Waals surface area contributed by atoms with Crippen LogP contribution in [0.2, 0.25) is 5.02 Å². The Balaban J connectivity index is 1.87. The van der Waals surface area contributed by atoms with Gasteiger partial charge in [0.1, 0.15) is 11.3 Å². The first-order valence-corrected chi connectivity index (χ1v) is 9.92. The van der Waals surface area contributed by atoms with Crippen molar-refractivity contribution in [2.24, 2.45) is 5.10 Å². The normalized spacial score (nSPS) is 11.6. The quantitative estimate of drug-likeness (QED) is 0.438. The van der Waals surface area contributed by atoms with Gasteiger partial charge < -0.3 is 13.9 Å². The van der Waals surface area contributed by atoms with E-state index in [0.717, 1.165) is 22.3 Å². The average Bonchev–Trinajstić information content (AvgIpc) is 2.76. The van der Waals surface area contributed by atoms with Gasteiger partial charge in [0.15, 0.2) is 11.5 Å². The fourth-order valence-electron chi connectivity index (χ4n) is 3.25. The minimum Gasteiger partial charge on any atom is -0.493 e. The number of nitrogens with zero attached hydrogens (tertiary/aromatic N) is 3. The summed E-state index contributed by atoms with van der Waals surface area (Å²) in [5.74, 6) is 2.27. The Morgan fingerprint density at radius 2 is 1.65 bits per heavy atom. The maximum absolute atomic E-state index is 6.22. The van der Waals surface area contributed by atoms with Crippen molar-refractivity contribution in [3.63, 3.8) is 0 Å². The van der Waals surface area contributed by atoms with Crippen molar-refractivity contribution in [3.05, 3.63) is 70.3 Å². The van der Waals surface area contributed by atoms with Crippen LogP contribution in [-0.2, 0) is 0 Å². The molecule has 0 saturated heterocycles. The molecule has 7 nitrogen and oxygen atoms in total. The number of methoxy groups -OCH3 is 2. The van der Waals surface area contributed by atoms with Gasteiger partial charge in [0, 0.05) is 33.4 Å². The van der Waals surface area contributed by atoms with Crippen molar-refractivity contribution < 1.29 is 13.9 Å². The summed E-state index contributed by atoms with van der Waals surface area (Å²) < 4.78 is 16.9. The molecule has 0 aliphatic carbocycles. The molecular formula is C23H21ClN4O3. The van der Waals surface area contributed by atoms with Gasteiger partial charge in [-0.25, -0.2) is 15.4 Å². The van der Waals surface area contributed by atoms with E-state index in [2.05, 4.69) is 20.5 Å². The maximum atomic E-state index is 6.22. The molecule has 0 fully saturated rings. The first-order chi connectivity index (χ1) is 15.0. The largest absolute Gasteiger partial charge is 0.493 e. The van der Waals surface area contributed by atoms with Gasteiger partial charge in [-0.05, 0) is 56.3 Å². The number of ether oxygens (including phenoxy) is 2. The van der Waals surface area contributed by atoms with E-state index in [4.69, 9.17) is 25.5 Å². The number of hydrogen-bond donors (Lipinski definition) is 1. The maximum Gasteiger partial charge on any atom is 0.243 e. The summed E-state index contributed by atoms with van der Waals surface area (Å²) in [7, 11) is 3.19. The van der Waals surface area contributed by atoms with Crippen LogP contribution in [0, 0.1) is 13.8 Å². The van der Waals surface area contributed by atoms with E-state index >= 15 is 0 Å². The lowest BCUT2D eigenvalue weighted by molar-refractivity contribution is 0.355. The van der Waals surface area contributed by atoms with Gasteiger partial charge in [-0.15, -0.1) is 0 Å². The molecule has 4 aromatic rings. The van der Waals surface area contributed by atoms with Crippen molar-refractivity contribution >= 4 is 28.5 Å². The van der Waals surface area contributed by atoms with Gasteiger partial charge in [0.2, 0.25) is 5.95 Å². The third kappa shape index (κ3) is 4.46. The zero-order valence-corrected chi connectivity index (χ0v) is 18.3. The van der Waals surface area contributed by atoms with Crippen LogP contribution in [0.4, 0.5) is 5.95 Å². The van der Waals surface area contributed by atoms with Gasteiger partial charge in [0.05, 0.1) is 19.6 Å². The zero-order chi connectivity index (χ0) is 22.0. The molecule has 0 amide bonds. The molecule has 0 spiro atoms. The van der Waals surface area contributed by atoms with Gasteiger partial charge >= 0.3 is 0 Å². The smallest absolute Gasteiger partial charge is 0.243 e. The van der Waals surface area contributed by atoms with Gasteiger partial charge in [-0.3, -0.25) is 0 Å². The highest BCUT2D eigenvalue weighted by molar-refractivity contribution is 6.31. The molecular weight excluding hydrogens is 416 g/mol. The highest BCUT2D eigenvalue weighted by atomic mass is 35.5. The van der Waals surface area contributed by atoms with E-state index in [-0.39, 0.29) is 0 Å². The lowest BCUT2D eigenvalue weighted by Crippen LogP contribution is -2.09. The molecule has 2 aromatic heterocycles. The number of benzene rings is 2. The third-order valence-electron chi connectivity index (χ3n) is 4.63. The lowest BCUT2D eigenvalue weighted by Gasteiger charge is -2.10. The second-order valence-electron chi connectivity index (χ2n) is 6.90. The van der Waals surface area contributed by atoms with Gasteiger partial charge in [-0.2, -0.15) is 5.10 Å². The molecule has 0 aliphatic heterocycles. The fraction of sp³-hybridized carbons (Fsp3) is 0.174. The monoisotopic (exact) mass is 436 g/mol. The summed E-state index contributed by atoms with van der Waals surface area (Å²) in [6, 6.07) is 14.7. The number of aromatic nitrogens is 2. The van der Waals surface area contributed by atoms with E-state index in [1.165, 1.54) is 0 Å². The minimum absolute atomic E-state index is 0.418. The Bertz CT molecular complexity index is 1310. The Morgan fingerprint density at radius 3 is 2.35 bits per heavy atom. The van der Waals surface area contributed by atoms with E-state index < -0.39 is 0 Å². The Hall–Kier alpha value is -3.58. The molecule has 158 valence electrons. The summed E-state index contributed by atoms with van der Waals surface area (Å²) in [4.78, 5) is 8.75. The molecule has 31 heavy (non-hydrogen) atoms. The molecule has 0 aliphatic rings. The van der Waals surface area contributed by atoms with Crippen LogP contribution in [0.3, 0.4) is 0 Å². The standard InChI is InChI=1S/C23H21ClN4O3/c1-13-9-14(2)26-23(25-13)28-27-18-12-21(31-19-8-6-16(24)11-17(18)19)15-5-7-20(29-3)22(10-15)30-4/h5-12H,1-4H3,(H,25,26,28)/b27-18+. The first kappa shape index (κ1) is 20.7. The van der Waals surface area contributed by atoms with E-state index in [0.29, 0.717) is 39.2 Å². The van der Waals surface area contributed by atoms with Crippen molar-refractivity contribution in [3.8, 4) is 22.8 Å². The molecule has 0 radical (unpaired) electrons. The van der Waals surface area contributed by atoms with Crippen LogP contribution in [0.5, 0.6) is 11.5 Å². The molecule has 4 rings (SSSR count). The lowest BCUT2D eigenvalue weighted by atomic mass is 10.1. The zero-order valence-electron chi connectivity index (χ0n) is 17.6. The number of nitrogens with one attached hydrogen (secondary N) is 1. The van der Waals surface area contributed by atoms with E-state index in [9.17, 15) is 0 Å². The number of hydrogen-bond acceptors (Lipinski definition) is 7. The van der Waals surface area contributed by atoms with Crippen LogP contribution in [0.25, 0.3) is 22.3 Å². The summed E-state index contributed by atoms with van der Waals surface area (Å²) in [5, 5.41) is 6.52. The predicted molar refractivity (Wildman–Crippen MR) is 120 cm³/mol. The summed E-state index contributed by atoms with van der Waals surface area (Å²) in [6.07, 6.45) is 0. The van der Waals surface area contributed by atoms with Crippen LogP contribution in [0.15, 0.2) is 58.0 Å². The molecule has 0 bridgehead atoms. The molecule has 8 heteroatoms. The Kier molecular flexibility index (Phi) is 5.77. The van der Waals surface area contributed by atoms with Crippen LogP contribution in [0.1, 0.15) is 11.4 Å². The summed E-state index contributed by atoms with van der Waals surface area (Å²) in [6.45, 7) is 3.82. The average molecular weight is 437 g/mol. The Labute approximate surface area is 184 Å². The van der Waals surface area contributed by atoms with Crippen molar-refractivity contribution in [2.45, 2.75) is 13.8 Å². The van der Waals surface area contributed by atoms with Gasteiger partial charge in [0.25, 0.3) is 0 Å². The highest BCUT2D eigenvalue weighted by Gasteiger charge is 2.11.